The Bertz CT molecular complexity index is 1500. The van der Waals surface area contributed by atoms with Crippen molar-refractivity contribution >= 4 is 63.9 Å². The van der Waals surface area contributed by atoms with Gasteiger partial charge in [-0.2, -0.15) is 0 Å². The fourth-order valence-corrected chi connectivity index (χ4v) is 6.32. The molecule has 2 saturated heterocycles. The molecule has 44 heavy (non-hydrogen) atoms. The van der Waals surface area contributed by atoms with E-state index in [1.807, 2.05) is 17.0 Å². The molecule has 0 bridgehead atoms. The predicted octanol–water partition coefficient (Wildman–Crippen LogP) is 6.01. The van der Waals surface area contributed by atoms with Gasteiger partial charge in [-0.05, 0) is 86.4 Å². The summed E-state index contributed by atoms with van der Waals surface area (Å²) >= 11 is 18.4. The van der Waals surface area contributed by atoms with Gasteiger partial charge in [0.25, 0.3) is 11.8 Å². The molecule has 0 aromatic heterocycles. The van der Waals surface area contributed by atoms with Crippen molar-refractivity contribution in [3.63, 3.8) is 0 Å². The maximum atomic E-state index is 13.2. The number of anilines is 2. The van der Waals surface area contributed by atoms with Crippen molar-refractivity contribution in [2.24, 2.45) is 0 Å². The lowest BCUT2D eigenvalue weighted by molar-refractivity contribution is -0.131. The number of rotatable bonds is 10. The number of hydrogen-bond donors (Lipinski definition) is 2. The first-order chi connectivity index (χ1) is 21.3. The van der Waals surface area contributed by atoms with Gasteiger partial charge in [0.05, 0.1) is 11.4 Å². The van der Waals surface area contributed by atoms with Gasteiger partial charge in [0.1, 0.15) is 0 Å². The minimum absolute atomic E-state index is 0.179. The number of carbonyl (C=O) groups excluding carboxylic acids is 3. The van der Waals surface area contributed by atoms with Crippen LogP contribution in [0.15, 0.2) is 60.7 Å². The van der Waals surface area contributed by atoms with Crippen LogP contribution in [0.1, 0.15) is 45.5 Å². The number of benzene rings is 3. The van der Waals surface area contributed by atoms with Crippen LogP contribution in [0, 0.1) is 0 Å². The van der Waals surface area contributed by atoms with Crippen LogP contribution >= 0.6 is 34.8 Å². The highest BCUT2D eigenvalue weighted by molar-refractivity contribution is 6.35. The zero-order valence-corrected chi connectivity index (χ0v) is 26.7. The van der Waals surface area contributed by atoms with E-state index in [0.717, 1.165) is 30.9 Å². The number of amides is 3. The van der Waals surface area contributed by atoms with E-state index in [1.54, 1.807) is 48.5 Å². The topological polar surface area (TPSA) is 85.0 Å². The summed E-state index contributed by atoms with van der Waals surface area (Å²) in [6.07, 6.45) is 3.50. The molecule has 2 N–H and O–H groups in total. The fraction of sp³-hybridized carbons (Fsp3) is 0.364. The Morgan fingerprint density at radius 1 is 0.750 bits per heavy atom. The van der Waals surface area contributed by atoms with Crippen molar-refractivity contribution in [1.82, 2.24) is 15.1 Å². The smallest absolute Gasteiger partial charge is 0.255 e. The van der Waals surface area contributed by atoms with Crippen LogP contribution in [-0.2, 0) is 11.2 Å². The second-order valence-electron chi connectivity index (χ2n) is 11.1. The molecule has 3 amide bonds. The summed E-state index contributed by atoms with van der Waals surface area (Å²) < 4.78 is 0. The predicted molar refractivity (Wildman–Crippen MR) is 177 cm³/mol. The number of nitrogens with zero attached hydrogens (tertiary/aromatic N) is 3. The third-order valence-corrected chi connectivity index (χ3v) is 8.92. The summed E-state index contributed by atoms with van der Waals surface area (Å²) in [5, 5.41) is 7.49. The maximum Gasteiger partial charge on any atom is 0.255 e. The molecule has 5 rings (SSSR count). The number of likely N-dealkylation sites (tertiary alicyclic amines) is 1. The molecule has 2 heterocycles. The van der Waals surface area contributed by atoms with Crippen LogP contribution in [-0.4, -0.2) is 79.9 Å². The Morgan fingerprint density at radius 2 is 1.48 bits per heavy atom. The van der Waals surface area contributed by atoms with Crippen LogP contribution in [0.5, 0.6) is 0 Å². The van der Waals surface area contributed by atoms with E-state index < -0.39 is 0 Å². The molecule has 0 atom stereocenters. The molecule has 0 radical (unpaired) electrons. The van der Waals surface area contributed by atoms with Crippen LogP contribution in [0.2, 0.25) is 15.1 Å². The number of hydrogen-bond acceptors (Lipinski definition) is 5. The summed E-state index contributed by atoms with van der Waals surface area (Å²) in [7, 11) is 0. The highest BCUT2D eigenvalue weighted by atomic mass is 35.5. The van der Waals surface area contributed by atoms with Gasteiger partial charge in [-0.15, -0.1) is 0 Å². The number of nitrogens with one attached hydrogen (secondary N) is 2. The van der Waals surface area contributed by atoms with E-state index in [1.165, 1.54) is 12.8 Å². The van der Waals surface area contributed by atoms with Gasteiger partial charge in [-0.25, -0.2) is 0 Å². The first kappa shape index (κ1) is 32.1. The lowest BCUT2D eigenvalue weighted by Gasteiger charge is -2.37. The van der Waals surface area contributed by atoms with Crippen LogP contribution < -0.4 is 15.5 Å². The van der Waals surface area contributed by atoms with Gasteiger partial charge < -0.3 is 25.3 Å². The van der Waals surface area contributed by atoms with Crippen molar-refractivity contribution in [3.8, 4) is 0 Å². The average molecular weight is 657 g/mol. The molecule has 0 aliphatic carbocycles. The molecule has 0 unspecified atom stereocenters. The lowest BCUT2D eigenvalue weighted by Crippen LogP contribution is -2.49. The number of piperazine rings is 1. The van der Waals surface area contributed by atoms with Crippen molar-refractivity contribution in [3.05, 3.63) is 92.4 Å². The third-order valence-electron chi connectivity index (χ3n) is 8.10. The van der Waals surface area contributed by atoms with Crippen molar-refractivity contribution < 1.29 is 14.4 Å². The molecule has 0 saturated carbocycles. The number of halogens is 3. The highest BCUT2D eigenvalue weighted by Gasteiger charge is 2.25. The summed E-state index contributed by atoms with van der Waals surface area (Å²) in [5.74, 6) is -0.425. The summed E-state index contributed by atoms with van der Waals surface area (Å²) in [5.41, 5.74) is 3.00. The van der Waals surface area contributed by atoms with Crippen LogP contribution in [0.25, 0.3) is 0 Å². The zero-order valence-electron chi connectivity index (χ0n) is 24.5. The zero-order chi connectivity index (χ0) is 31.1. The van der Waals surface area contributed by atoms with Gasteiger partial charge in [-0.3, -0.25) is 14.4 Å². The van der Waals surface area contributed by atoms with E-state index >= 15 is 0 Å². The maximum absolute atomic E-state index is 13.2. The Labute approximate surface area is 273 Å². The quantitative estimate of drug-likeness (QED) is 0.280. The van der Waals surface area contributed by atoms with Crippen molar-refractivity contribution in [2.75, 3.05) is 62.6 Å². The minimum Gasteiger partial charge on any atom is -0.366 e. The SMILES string of the molecule is O=C(NCCc1ccc(Cl)cc1Cl)c1ccc(N2CCN(C(=O)CCN3CCCC3)CC2)c(NC(=O)c2cccc(Cl)c2)c1. The molecule has 8 nitrogen and oxygen atoms in total. The second kappa shape index (κ2) is 15.1. The first-order valence-electron chi connectivity index (χ1n) is 14.9. The molecule has 3 aromatic rings. The van der Waals surface area contributed by atoms with Gasteiger partial charge in [0, 0.05) is 71.9 Å². The summed E-state index contributed by atoms with van der Waals surface area (Å²) in [4.78, 5) is 45.7. The minimum atomic E-state index is -0.334. The largest absolute Gasteiger partial charge is 0.366 e. The van der Waals surface area contributed by atoms with Crippen LogP contribution in [0.4, 0.5) is 11.4 Å². The summed E-state index contributed by atoms with van der Waals surface area (Å²) in [6.45, 7) is 5.76. The number of carbonyl (C=O) groups is 3. The monoisotopic (exact) mass is 655 g/mol. The Kier molecular flexibility index (Phi) is 11.0. The van der Waals surface area contributed by atoms with Gasteiger partial charge in [0.15, 0.2) is 0 Å². The van der Waals surface area contributed by atoms with E-state index in [0.29, 0.717) is 77.4 Å². The van der Waals surface area contributed by atoms with Gasteiger partial charge in [0.2, 0.25) is 5.91 Å². The molecule has 11 heteroatoms. The molecule has 232 valence electrons. The van der Waals surface area contributed by atoms with Crippen LogP contribution in [0.3, 0.4) is 0 Å². The highest BCUT2D eigenvalue weighted by Crippen LogP contribution is 2.30. The fourth-order valence-electron chi connectivity index (χ4n) is 5.63. The Balaban J connectivity index is 1.26. The molecular weight excluding hydrogens is 621 g/mol. The molecule has 0 spiro atoms. The van der Waals surface area contributed by atoms with Gasteiger partial charge >= 0.3 is 0 Å². The standard InChI is InChI=1S/C33H36Cl3N5O3/c34-26-5-3-4-24(20-26)33(44)38-29-21-25(32(43)37-12-10-23-6-8-27(35)22-28(23)36)7-9-30(29)40-16-18-41(19-17-40)31(42)11-15-39-13-1-2-14-39/h3-9,20-22H,1-2,10-19H2,(H,37,43)(H,38,44). The van der Waals surface area contributed by atoms with Crippen molar-refractivity contribution in [2.45, 2.75) is 25.7 Å². The van der Waals surface area contributed by atoms with E-state index in [9.17, 15) is 14.4 Å². The first-order valence-corrected chi connectivity index (χ1v) is 16.1. The average Bonchev–Trinajstić information content (AvgIpc) is 3.55. The third kappa shape index (κ3) is 8.45. The van der Waals surface area contributed by atoms with E-state index in [4.69, 9.17) is 34.8 Å². The second-order valence-corrected chi connectivity index (χ2v) is 12.4. The lowest BCUT2D eigenvalue weighted by atomic mass is 10.1. The Morgan fingerprint density at radius 3 is 2.20 bits per heavy atom. The van der Waals surface area contributed by atoms with E-state index in [-0.39, 0.29) is 17.7 Å². The van der Waals surface area contributed by atoms with E-state index in [2.05, 4.69) is 20.4 Å². The molecule has 2 fully saturated rings. The molecule has 2 aliphatic heterocycles. The van der Waals surface area contributed by atoms with Gasteiger partial charge in [-0.1, -0.05) is 46.9 Å². The molecule has 3 aromatic carbocycles. The van der Waals surface area contributed by atoms with Crippen molar-refractivity contribution in [1.29, 1.82) is 0 Å². The molecular formula is C33H36Cl3N5O3. The Hall–Kier alpha value is -3.30. The summed E-state index contributed by atoms with van der Waals surface area (Å²) in [6, 6.07) is 17.3. The molecule has 2 aliphatic rings. The normalized spacial score (nSPS) is 15.3.